The fourth-order valence-corrected chi connectivity index (χ4v) is 2.60. The molecule has 0 aromatic heterocycles. The summed E-state index contributed by atoms with van der Waals surface area (Å²) >= 11 is 0. The van der Waals surface area contributed by atoms with Gasteiger partial charge in [0.1, 0.15) is 0 Å². The smallest absolute Gasteiger partial charge is 0.240 e. The van der Waals surface area contributed by atoms with E-state index in [1.807, 2.05) is 12.1 Å². The third-order valence-electron chi connectivity index (χ3n) is 2.70. The van der Waals surface area contributed by atoms with Crippen molar-refractivity contribution < 1.29 is 8.42 Å². The van der Waals surface area contributed by atoms with Gasteiger partial charge in [-0.15, -0.1) is 0 Å². The molecule has 3 N–H and O–H groups in total. The second kappa shape index (κ2) is 5.82. The molecule has 0 radical (unpaired) electrons. The third-order valence-corrected chi connectivity index (χ3v) is 4.18. The number of nitrogens with one attached hydrogen (secondary N) is 1. The number of hydrogen-bond acceptors (Lipinski definition) is 3. The summed E-state index contributed by atoms with van der Waals surface area (Å²) in [6.07, 6.45) is 0.638. The van der Waals surface area contributed by atoms with Gasteiger partial charge in [0, 0.05) is 6.54 Å². The van der Waals surface area contributed by atoms with Crippen molar-refractivity contribution in [3.63, 3.8) is 0 Å². The normalized spacial score (nSPS) is 12.7. The predicted molar refractivity (Wildman–Crippen MR) is 74.0 cm³/mol. The van der Waals surface area contributed by atoms with Crippen LogP contribution in [-0.4, -0.2) is 21.5 Å². The lowest BCUT2D eigenvalue weighted by Crippen LogP contribution is -2.26. The van der Waals surface area contributed by atoms with Gasteiger partial charge in [0.15, 0.2) is 0 Å². The van der Waals surface area contributed by atoms with E-state index in [0.29, 0.717) is 24.4 Å². The number of benzene rings is 1. The lowest BCUT2D eigenvalue weighted by molar-refractivity contribution is 0.577. The van der Waals surface area contributed by atoms with Crippen LogP contribution in [0, 0.1) is 0 Å². The molecule has 102 valence electrons. The fraction of sp³-hybridized carbons (Fsp3) is 0.538. The van der Waals surface area contributed by atoms with Crippen molar-refractivity contribution in [2.24, 2.45) is 5.73 Å². The Balaban J connectivity index is 2.85. The number of hydrogen-bond donors (Lipinski definition) is 2. The molecule has 1 aromatic rings. The third kappa shape index (κ3) is 4.08. The molecule has 1 rings (SSSR count). The van der Waals surface area contributed by atoms with Gasteiger partial charge in [0.05, 0.1) is 4.90 Å². The van der Waals surface area contributed by atoms with E-state index in [9.17, 15) is 8.42 Å². The Bertz CT molecular complexity index is 473. The number of nitrogens with two attached hydrogens (primary N) is 1. The van der Waals surface area contributed by atoms with Crippen LogP contribution in [0.4, 0.5) is 0 Å². The molecule has 0 unspecified atom stereocenters. The molecule has 0 spiro atoms. The van der Waals surface area contributed by atoms with E-state index < -0.39 is 10.0 Å². The van der Waals surface area contributed by atoms with Gasteiger partial charge in [-0.25, -0.2) is 13.1 Å². The van der Waals surface area contributed by atoms with Crippen LogP contribution in [0.3, 0.4) is 0 Å². The molecular weight excluding hydrogens is 248 g/mol. The largest absolute Gasteiger partial charge is 0.330 e. The van der Waals surface area contributed by atoms with E-state index in [4.69, 9.17) is 5.73 Å². The summed E-state index contributed by atoms with van der Waals surface area (Å²) in [7, 11) is -3.40. The van der Waals surface area contributed by atoms with Gasteiger partial charge >= 0.3 is 0 Å². The monoisotopic (exact) mass is 270 g/mol. The van der Waals surface area contributed by atoms with Crippen molar-refractivity contribution in [2.75, 3.05) is 13.1 Å². The van der Waals surface area contributed by atoms with Crippen molar-refractivity contribution in [2.45, 2.75) is 37.5 Å². The molecule has 0 saturated heterocycles. The van der Waals surface area contributed by atoms with Crippen LogP contribution in [0.25, 0.3) is 0 Å². The molecule has 1 aromatic carbocycles. The first-order valence-corrected chi connectivity index (χ1v) is 7.56. The molecule has 18 heavy (non-hydrogen) atoms. The lowest BCUT2D eigenvalue weighted by atomic mass is 9.87. The van der Waals surface area contributed by atoms with Crippen LogP contribution in [0.15, 0.2) is 29.2 Å². The van der Waals surface area contributed by atoms with E-state index in [0.717, 1.165) is 5.56 Å². The lowest BCUT2D eigenvalue weighted by Gasteiger charge is -2.19. The average Bonchev–Trinajstić information content (AvgIpc) is 2.28. The van der Waals surface area contributed by atoms with E-state index >= 15 is 0 Å². The van der Waals surface area contributed by atoms with E-state index in [1.54, 1.807) is 12.1 Å². The Labute approximate surface area is 110 Å². The molecule has 5 heteroatoms. The summed E-state index contributed by atoms with van der Waals surface area (Å²) in [4.78, 5) is 0.299. The van der Waals surface area contributed by atoms with Gasteiger partial charge < -0.3 is 5.73 Å². The minimum atomic E-state index is -3.40. The van der Waals surface area contributed by atoms with Crippen LogP contribution in [0.5, 0.6) is 0 Å². The van der Waals surface area contributed by atoms with Crippen LogP contribution >= 0.6 is 0 Å². The molecule has 4 nitrogen and oxygen atoms in total. The summed E-state index contributed by atoms with van der Waals surface area (Å²) < 4.78 is 26.4. The second-order valence-electron chi connectivity index (χ2n) is 5.31. The van der Waals surface area contributed by atoms with E-state index in [1.165, 1.54) is 0 Å². The topological polar surface area (TPSA) is 72.2 Å². The molecule has 0 heterocycles. The Morgan fingerprint density at radius 3 is 2.17 bits per heavy atom. The molecule has 0 fully saturated rings. The Morgan fingerprint density at radius 2 is 1.72 bits per heavy atom. The maximum Gasteiger partial charge on any atom is 0.240 e. The number of rotatable bonds is 5. The highest BCUT2D eigenvalue weighted by atomic mass is 32.2. The van der Waals surface area contributed by atoms with Crippen molar-refractivity contribution >= 4 is 10.0 Å². The zero-order valence-electron chi connectivity index (χ0n) is 11.2. The van der Waals surface area contributed by atoms with Crippen LogP contribution in [0.1, 0.15) is 32.8 Å². The van der Waals surface area contributed by atoms with E-state index in [2.05, 4.69) is 25.5 Å². The Kier molecular flexibility index (Phi) is 4.90. The fourth-order valence-electron chi connectivity index (χ4n) is 1.53. The highest BCUT2D eigenvalue weighted by molar-refractivity contribution is 7.89. The van der Waals surface area contributed by atoms with Gasteiger partial charge in [-0.05, 0) is 36.1 Å². The highest BCUT2D eigenvalue weighted by Crippen LogP contribution is 2.23. The molecule has 0 aliphatic heterocycles. The molecule has 0 atom stereocenters. The van der Waals surface area contributed by atoms with Crippen molar-refractivity contribution in [1.82, 2.24) is 4.72 Å². The predicted octanol–water partition coefficient (Wildman–Crippen LogP) is 1.61. The molecule has 0 saturated carbocycles. The minimum absolute atomic E-state index is 0.0231. The molecule has 0 amide bonds. The summed E-state index contributed by atoms with van der Waals surface area (Å²) in [5.74, 6) is 0. The van der Waals surface area contributed by atoms with Gasteiger partial charge in [0.2, 0.25) is 10.0 Å². The second-order valence-corrected chi connectivity index (χ2v) is 7.08. The van der Waals surface area contributed by atoms with Crippen molar-refractivity contribution in [3.05, 3.63) is 29.8 Å². The van der Waals surface area contributed by atoms with Gasteiger partial charge in [-0.2, -0.15) is 0 Å². The maximum absolute atomic E-state index is 11.9. The molecule has 0 aliphatic carbocycles. The summed E-state index contributed by atoms with van der Waals surface area (Å²) in [5.41, 5.74) is 6.47. The first-order chi connectivity index (χ1) is 8.27. The summed E-state index contributed by atoms with van der Waals surface area (Å²) in [6.45, 7) is 7.13. The molecular formula is C13H22N2O2S. The van der Waals surface area contributed by atoms with Crippen LogP contribution in [-0.2, 0) is 15.4 Å². The van der Waals surface area contributed by atoms with Crippen molar-refractivity contribution in [3.8, 4) is 0 Å². The van der Waals surface area contributed by atoms with Gasteiger partial charge in [0.25, 0.3) is 0 Å². The first kappa shape index (κ1) is 15.1. The van der Waals surface area contributed by atoms with Crippen LogP contribution < -0.4 is 10.5 Å². The van der Waals surface area contributed by atoms with E-state index in [-0.39, 0.29) is 5.41 Å². The minimum Gasteiger partial charge on any atom is -0.330 e. The molecule has 0 aliphatic rings. The standard InChI is InChI=1S/C13H22N2O2S/c1-13(2,3)11-5-7-12(8-6-11)18(16,17)15-10-4-9-14/h5-8,15H,4,9-10,14H2,1-3H3. The highest BCUT2D eigenvalue weighted by Gasteiger charge is 2.16. The number of sulfonamides is 1. The SMILES string of the molecule is CC(C)(C)c1ccc(S(=O)(=O)NCCCN)cc1. The first-order valence-electron chi connectivity index (χ1n) is 6.07. The Hall–Kier alpha value is -0.910. The van der Waals surface area contributed by atoms with Gasteiger partial charge in [-0.3, -0.25) is 0 Å². The van der Waals surface area contributed by atoms with Gasteiger partial charge in [-0.1, -0.05) is 32.9 Å². The quantitative estimate of drug-likeness (QED) is 0.798. The zero-order valence-corrected chi connectivity index (χ0v) is 12.0. The average molecular weight is 270 g/mol. The Morgan fingerprint density at radius 1 is 1.17 bits per heavy atom. The molecule has 0 bridgehead atoms. The maximum atomic E-state index is 11.9. The summed E-state index contributed by atoms with van der Waals surface area (Å²) in [5, 5.41) is 0. The van der Waals surface area contributed by atoms with Crippen molar-refractivity contribution in [1.29, 1.82) is 0 Å². The zero-order chi connectivity index (χ0) is 13.8. The summed E-state index contributed by atoms with van der Waals surface area (Å²) in [6, 6.07) is 7.01. The van der Waals surface area contributed by atoms with Crippen LogP contribution in [0.2, 0.25) is 0 Å².